The number of aromatic amines is 1. The van der Waals surface area contributed by atoms with Crippen LogP contribution >= 0.6 is 11.6 Å². The van der Waals surface area contributed by atoms with Crippen molar-refractivity contribution in [3.8, 4) is 5.75 Å². The van der Waals surface area contributed by atoms with E-state index in [9.17, 15) is 0 Å². The van der Waals surface area contributed by atoms with Crippen molar-refractivity contribution in [1.82, 2.24) is 4.98 Å². The number of ether oxygens (including phenoxy) is 1. The molecule has 3 heteroatoms. The summed E-state index contributed by atoms with van der Waals surface area (Å²) in [6.45, 7) is 3.64. The minimum Gasteiger partial charge on any atom is -0.472 e. The molecule has 1 aromatic heterocycles. The molecule has 0 atom stereocenters. The van der Waals surface area contributed by atoms with Gasteiger partial charge in [0.25, 0.3) is 0 Å². The quantitative estimate of drug-likeness (QED) is 0.753. The van der Waals surface area contributed by atoms with Gasteiger partial charge in [-0.15, -0.1) is 0 Å². The van der Waals surface area contributed by atoms with Crippen LogP contribution in [0, 0.1) is 0 Å². The highest BCUT2D eigenvalue weighted by Crippen LogP contribution is 2.29. The Kier molecular flexibility index (Phi) is 2.16. The highest BCUT2D eigenvalue weighted by molar-refractivity contribution is 6.22. The van der Waals surface area contributed by atoms with Crippen LogP contribution in [0.5, 0.6) is 5.75 Å². The standard InChI is InChI=1S/C11H12ClNO/c1-11(2,12)14-10-5-3-4-9-8(10)6-7-13-9/h3-7,13H,1-2H3. The number of benzene rings is 1. The van der Waals surface area contributed by atoms with Gasteiger partial charge in [0.15, 0.2) is 5.06 Å². The minimum atomic E-state index is -0.675. The molecule has 0 aliphatic carbocycles. The third-order valence-electron chi connectivity index (χ3n) is 1.91. The van der Waals surface area contributed by atoms with E-state index >= 15 is 0 Å². The Hall–Kier alpha value is -1.15. The van der Waals surface area contributed by atoms with Gasteiger partial charge in [0, 0.05) is 17.1 Å². The molecule has 2 nitrogen and oxygen atoms in total. The third-order valence-corrected chi connectivity index (χ3v) is 1.98. The smallest absolute Gasteiger partial charge is 0.177 e. The highest BCUT2D eigenvalue weighted by atomic mass is 35.5. The predicted molar refractivity (Wildman–Crippen MR) is 58.9 cm³/mol. The van der Waals surface area contributed by atoms with Gasteiger partial charge in [0.05, 0.1) is 0 Å². The number of H-pyrrole nitrogens is 1. The second-order valence-corrected chi connectivity index (χ2v) is 4.57. The number of hydrogen-bond acceptors (Lipinski definition) is 1. The van der Waals surface area contributed by atoms with Crippen molar-refractivity contribution in [2.24, 2.45) is 0 Å². The average molecular weight is 210 g/mol. The molecule has 1 N–H and O–H groups in total. The fourth-order valence-corrected chi connectivity index (χ4v) is 1.49. The summed E-state index contributed by atoms with van der Waals surface area (Å²) in [5.74, 6) is 0.809. The highest BCUT2D eigenvalue weighted by Gasteiger charge is 2.16. The van der Waals surface area contributed by atoms with Crippen LogP contribution in [0.3, 0.4) is 0 Å². The van der Waals surface area contributed by atoms with E-state index in [-0.39, 0.29) is 0 Å². The molecule has 0 spiro atoms. The van der Waals surface area contributed by atoms with Crippen LogP contribution in [0.4, 0.5) is 0 Å². The van der Waals surface area contributed by atoms with E-state index in [1.165, 1.54) is 0 Å². The van der Waals surface area contributed by atoms with Crippen molar-refractivity contribution < 1.29 is 4.74 Å². The topological polar surface area (TPSA) is 25.0 Å². The number of alkyl halides is 1. The monoisotopic (exact) mass is 209 g/mol. The Bertz CT molecular complexity index is 442. The molecule has 0 saturated carbocycles. The van der Waals surface area contributed by atoms with E-state index in [0.29, 0.717) is 0 Å². The second-order valence-electron chi connectivity index (χ2n) is 3.66. The third kappa shape index (κ3) is 1.85. The molecule has 0 fully saturated rings. The van der Waals surface area contributed by atoms with Gasteiger partial charge in [-0.25, -0.2) is 0 Å². The Morgan fingerprint density at radius 2 is 2.07 bits per heavy atom. The largest absolute Gasteiger partial charge is 0.472 e. The molecule has 0 bridgehead atoms. The summed E-state index contributed by atoms with van der Waals surface area (Å²) in [5.41, 5.74) is 1.06. The summed E-state index contributed by atoms with van der Waals surface area (Å²) in [5, 5.41) is 0.382. The fourth-order valence-electron chi connectivity index (χ4n) is 1.41. The molecule has 0 aliphatic rings. The van der Waals surface area contributed by atoms with Crippen LogP contribution in [0.1, 0.15) is 13.8 Å². The van der Waals surface area contributed by atoms with Crippen LogP contribution in [-0.2, 0) is 0 Å². The van der Waals surface area contributed by atoms with Gasteiger partial charge >= 0.3 is 0 Å². The lowest BCUT2D eigenvalue weighted by atomic mass is 10.2. The molecular weight excluding hydrogens is 198 g/mol. The molecule has 2 rings (SSSR count). The van der Waals surface area contributed by atoms with Crippen molar-refractivity contribution in [2.45, 2.75) is 18.9 Å². The van der Waals surface area contributed by atoms with E-state index in [2.05, 4.69) is 4.98 Å². The average Bonchev–Trinajstić information content (AvgIpc) is 2.49. The molecule has 0 unspecified atom stereocenters. The van der Waals surface area contributed by atoms with E-state index < -0.39 is 5.06 Å². The van der Waals surface area contributed by atoms with Gasteiger partial charge in [0.2, 0.25) is 0 Å². The van der Waals surface area contributed by atoms with Gasteiger partial charge in [-0.05, 0) is 32.0 Å². The van der Waals surface area contributed by atoms with Crippen molar-refractivity contribution in [3.63, 3.8) is 0 Å². The lowest BCUT2D eigenvalue weighted by molar-refractivity contribution is 0.202. The van der Waals surface area contributed by atoms with Crippen LogP contribution in [0.15, 0.2) is 30.5 Å². The Labute approximate surface area is 87.8 Å². The van der Waals surface area contributed by atoms with E-state index in [1.54, 1.807) is 0 Å². The molecular formula is C11H12ClNO. The molecule has 0 amide bonds. The maximum atomic E-state index is 6.00. The summed E-state index contributed by atoms with van der Waals surface area (Å²) in [7, 11) is 0. The zero-order valence-electron chi connectivity index (χ0n) is 8.17. The van der Waals surface area contributed by atoms with Gasteiger partial charge in [-0.1, -0.05) is 17.7 Å². The zero-order valence-corrected chi connectivity index (χ0v) is 8.93. The van der Waals surface area contributed by atoms with E-state index in [0.717, 1.165) is 16.7 Å². The number of halogens is 1. The molecule has 14 heavy (non-hydrogen) atoms. The predicted octanol–water partition coefficient (Wildman–Crippen LogP) is 3.52. The van der Waals surface area contributed by atoms with Crippen LogP contribution < -0.4 is 4.74 Å². The molecule has 0 saturated heterocycles. The van der Waals surface area contributed by atoms with Crippen molar-refractivity contribution in [2.75, 3.05) is 0 Å². The number of nitrogens with one attached hydrogen (secondary N) is 1. The Balaban J connectivity index is 2.46. The first-order valence-electron chi connectivity index (χ1n) is 4.50. The SMILES string of the molecule is CC(C)(Cl)Oc1cccc2[nH]ccc12. The minimum absolute atomic E-state index is 0.675. The second kappa shape index (κ2) is 3.21. The fraction of sp³-hybridized carbons (Fsp3) is 0.273. The summed E-state index contributed by atoms with van der Waals surface area (Å²) < 4.78 is 5.62. The van der Waals surface area contributed by atoms with Gasteiger partial charge in [0.1, 0.15) is 5.75 Å². The number of aromatic nitrogens is 1. The molecule has 0 radical (unpaired) electrons. The van der Waals surface area contributed by atoms with Crippen molar-refractivity contribution >= 4 is 22.5 Å². The zero-order chi connectivity index (χ0) is 10.2. The van der Waals surface area contributed by atoms with Crippen LogP contribution in [0.25, 0.3) is 10.9 Å². The first kappa shape index (κ1) is 9.41. The summed E-state index contributed by atoms with van der Waals surface area (Å²) >= 11 is 6.00. The van der Waals surface area contributed by atoms with Crippen LogP contribution in [-0.4, -0.2) is 10.0 Å². The number of hydrogen-bond donors (Lipinski definition) is 1. The molecule has 0 aliphatic heterocycles. The lowest BCUT2D eigenvalue weighted by Crippen LogP contribution is -2.19. The first-order valence-corrected chi connectivity index (χ1v) is 4.88. The number of fused-ring (bicyclic) bond motifs is 1. The maximum absolute atomic E-state index is 6.00. The normalized spacial score (nSPS) is 11.9. The Morgan fingerprint density at radius 3 is 2.79 bits per heavy atom. The maximum Gasteiger partial charge on any atom is 0.177 e. The summed E-state index contributed by atoms with van der Waals surface area (Å²) in [4.78, 5) is 3.12. The van der Waals surface area contributed by atoms with E-state index in [1.807, 2.05) is 44.3 Å². The summed E-state index contributed by atoms with van der Waals surface area (Å²) in [6, 6.07) is 7.84. The molecule has 74 valence electrons. The van der Waals surface area contributed by atoms with Gasteiger partial charge in [-0.2, -0.15) is 0 Å². The first-order chi connectivity index (χ1) is 6.56. The molecule has 1 aromatic carbocycles. The van der Waals surface area contributed by atoms with Gasteiger partial charge < -0.3 is 9.72 Å². The molecule has 2 aromatic rings. The van der Waals surface area contributed by atoms with Crippen molar-refractivity contribution in [1.29, 1.82) is 0 Å². The van der Waals surface area contributed by atoms with Crippen LogP contribution in [0.2, 0.25) is 0 Å². The molecule has 1 heterocycles. The van der Waals surface area contributed by atoms with E-state index in [4.69, 9.17) is 16.3 Å². The number of rotatable bonds is 2. The lowest BCUT2D eigenvalue weighted by Gasteiger charge is -2.19. The summed E-state index contributed by atoms with van der Waals surface area (Å²) in [6.07, 6.45) is 1.89. The van der Waals surface area contributed by atoms with Gasteiger partial charge in [-0.3, -0.25) is 0 Å². The van der Waals surface area contributed by atoms with Crippen molar-refractivity contribution in [3.05, 3.63) is 30.5 Å². The Morgan fingerprint density at radius 1 is 1.29 bits per heavy atom.